The van der Waals surface area contributed by atoms with Crippen LogP contribution in [0.2, 0.25) is 0 Å². The molecule has 1 aromatic carbocycles. The molecule has 0 saturated heterocycles. The van der Waals surface area contributed by atoms with Crippen molar-refractivity contribution in [1.29, 1.82) is 0 Å². The molecule has 0 aliphatic heterocycles. The molecule has 0 saturated carbocycles. The summed E-state index contributed by atoms with van der Waals surface area (Å²) in [5.41, 5.74) is -1.07. The summed E-state index contributed by atoms with van der Waals surface area (Å²) in [6.07, 6.45) is 0.679. The molecule has 6 heteroatoms. The minimum Gasteiger partial charge on any atom is -0.336 e. The van der Waals surface area contributed by atoms with E-state index in [1.807, 2.05) is 20.8 Å². The van der Waals surface area contributed by atoms with E-state index in [9.17, 15) is 19.3 Å². The zero-order valence-electron chi connectivity index (χ0n) is 11.4. The van der Waals surface area contributed by atoms with Crippen molar-refractivity contribution in [3.8, 4) is 0 Å². The first-order valence-corrected chi connectivity index (χ1v) is 5.92. The standard InChI is InChI=1S/C13H17FN2O3/c1-5-13(2,3)15(4)12(17)10-8-9(14)6-7-11(10)16(18)19/h6-8H,5H2,1-4H3. The van der Waals surface area contributed by atoms with Crippen LogP contribution in [-0.4, -0.2) is 28.3 Å². The molecule has 0 fully saturated rings. The Morgan fingerprint density at radius 3 is 2.53 bits per heavy atom. The number of nitrogens with zero attached hydrogens (tertiary/aromatic N) is 2. The molecule has 0 aliphatic rings. The van der Waals surface area contributed by atoms with Crippen LogP contribution in [0, 0.1) is 15.9 Å². The monoisotopic (exact) mass is 268 g/mol. The van der Waals surface area contributed by atoms with Crippen molar-refractivity contribution < 1.29 is 14.1 Å². The van der Waals surface area contributed by atoms with Crippen LogP contribution >= 0.6 is 0 Å². The molecule has 5 nitrogen and oxygen atoms in total. The Bertz CT molecular complexity index is 515. The van der Waals surface area contributed by atoms with Gasteiger partial charge in [0.05, 0.1) is 4.92 Å². The molecule has 1 aromatic rings. The van der Waals surface area contributed by atoms with Gasteiger partial charge < -0.3 is 4.90 Å². The number of halogens is 1. The molecule has 104 valence electrons. The lowest BCUT2D eigenvalue weighted by molar-refractivity contribution is -0.385. The molecule has 0 N–H and O–H groups in total. The molecule has 1 amide bonds. The van der Waals surface area contributed by atoms with Crippen LogP contribution in [0.4, 0.5) is 10.1 Å². The van der Waals surface area contributed by atoms with E-state index in [-0.39, 0.29) is 11.3 Å². The minimum atomic E-state index is -0.681. The topological polar surface area (TPSA) is 63.5 Å². The summed E-state index contributed by atoms with van der Waals surface area (Å²) in [5.74, 6) is -1.23. The number of amides is 1. The van der Waals surface area contributed by atoms with Crippen LogP contribution in [0.5, 0.6) is 0 Å². The SMILES string of the molecule is CCC(C)(C)N(C)C(=O)c1cc(F)ccc1[N+](=O)[O-]. The van der Waals surface area contributed by atoms with E-state index in [2.05, 4.69) is 0 Å². The minimum absolute atomic E-state index is 0.228. The van der Waals surface area contributed by atoms with Gasteiger partial charge in [0.1, 0.15) is 11.4 Å². The number of nitro benzene ring substituents is 1. The van der Waals surface area contributed by atoms with Gasteiger partial charge in [0, 0.05) is 18.7 Å². The normalized spacial score (nSPS) is 11.2. The average Bonchev–Trinajstić information content (AvgIpc) is 2.36. The number of rotatable bonds is 4. The van der Waals surface area contributed by atoms with Gasteiger partial charge in [0.15, 0.2) is 0 Å². The third kappa shape index (κ3) is 3.07. The summed E-state index contributed by atoms with van der Waals surface area (Å²) < 4.78 is 13.2. The second-order valence-electron chi connectivity index (χ2n) is 4.95. The highest BCUT2D eigenvalue weighted by Gasteiger charge is 2.30. The van der Waals surface area contributed by atoms with Crippen molar-refractivity contribution in [2.45, 2.75) is 32.7 Å². The maximum atomic E-state index is 13.2. The quantitative estimate of drug-likeness (QED) is 0.623. The lowest BCUT2D eigenvalue weighted by Crippen LogP contribution is -2.44. The van der Waals surface area contributed by atoms with Gasteiger partial charge in [-0.15, -0.1) is 0 Å². The number of hydrogen-bond donors (Lipinski definition) is 0. The Kier molecular flexibility index (Phi) is 4.24. The Balaban J connectivity index is 3.26. The molecule has 19 heavy (non-hydrogen) atoms. The van der Waals surface area contributed by atoms with E-state index in [0.717, 1.165) is 18.2 Å². The van der Waals surface area contributed by atoms with Crippen molar-refractivity contribution in [2.75, 3.05) is 7.05 Å². The van der Waals surface area contributed by atoms with Crippen LogP contribution in [0.25, 0.3) is 0 Å². The van der Waals surface area contributed by atoms with Gasteiger partial charge in [-0.1, -0.05) is 6.92 Å². The lowest BCUT2D eigenvalue weighted by Gasteiger charge is -2.34. The van der Waals surface area contributed by atoms with Crippen LogP contribution in [0.1, 0.15) is 37.6 Å². The zero-order chi connectivity index (χ0) is 14.8. The predicted molar refractivity (Wildman–Crippen MR) is 69.5 cm³/mol. The van der Waals surface area contributed by atoms with E-state index in [0.29, 0.717) is 6.42 Å². The molecule has 0 atom stereocenters. The summed E-state index contributed by atoms with van der Waals surface area (Å²) in [5, 5.41) is 10.9. The van der Waals surface area contributed by atoms with Crippen LogP contribution in [0.15, 0.2) is 18.2 Å². The molecule has 0 aliphatic carbocycles. The molecule has 0 heterocycles. The predicted octanol–water partition coefficient (Wildman–Crippen LogP) is 2.99. The Morgan fingerprint density at radius 1 is 1.47 bits per heavy atom. The summed E-state index contributed by atoms with van der Waals surface area (Å²) in [6.45, 7) is 5.59. The van der Waals surface area contributed by atoms with Crippen LogP contribution in [0.3, 0.4) is 0 Å². The lowest BCUT2D eigenvalue weighted by atomic mass is 9.98. The summed E-state index contributed by atoms with van der Waals surface area (Å²) >= 11 is 0. The summed E-state index contributed by atoms with van der Waals surface area (Å²) in [6, 6.07) is 2.89. The highest BCUT2D eigenvalue weighted by molar-refractivity contribution is 5.98. The second kappa shape index (κ2) is 5.34. The molecular weight excluding hydrogens is 251 g/mol. The van der Waals surface area contributed by atoms with Crippen molar-refractivity contribution >= 4 is 11.6 Å². The Labute approximate surface area is 111 Å². The fourth-order valence-corrected chi connectivity index (χ4v) is 1.53. The molecular formula is C13H17FN2O3. The fourth-order valence-electron chi connectivity index (χ4n) is 1.53. The second-order valence-corrected chi connectivity index (χ2v) is 4.95. The first-order chi connectivity index (χ1) is 8.70. The van der Waals surface area contributed by atoms with Crippen molar-refractivity contribution in [1.82, 2.24) is 4.90 Å². The zero-order valence-corrected chi connectivity index (χ0v) is 11.4. The van der Waals surface area contributed by atoms with Crippen molar-refractivity contribution in [2.24, 2.45) is 0 Å². The van der Waals surface area contributed by atoms with Gasteiger partial charge in [-0.05, 0) is 32.4 Å². The van der Waals surface area contributed by atoms with E-state index in [1.54, 1.807) is 7.05 Å². The van der Waals surface area contributed by atoms with Crippen molar-refractivity contribution in [3.05, 3.63) is 39.7 Å². The summed E-state index contributed by atoms with van der Waals surface area (Å²) in [7, 11) is 1.56. The highest BCUT2D eigenvalue weighted by Crippen LogP contribution is 2.25. The van der Waals surface area contributed by atoms with E-state index in [1.165, 1.54) is 4.90 Å². The third-order valence-electron chi connectivity index (χ3n) is 3.46. The van der Waals surface area contributed by atoms with Gasteiger partial charge in [-0.25, -0.2) is 4.39 Å². The number of nitro groups is 1. The largest absolute Gasteiger partial charge is 0.336 e. The number of hydrogen-bond acceptors (Lipinski definition) is 3. The van der Waals surface area contributed by atoms with Gasteiger partial charge in [0.25, 0.3) is 11.6 Å². The first-order valence-electron chi connectivity index (χ1n) is 5.92. The van der Waals surface area contributed by atoms with Gasteiger partial charge in [-0.2, -0.15) is 0 Å². The number of benzene rings is 1. The first kappa shape index (κ1) is 15.1. The molecule has 1 rings (SSSR count). The molecule has 0 radical (unpaired) electrons. The molecule has 0 aromatic heterocycles. The van der Waals surface area contributed by atoms with Gasteiger partial charge in [-0.3, -0.25) is 14.9 Å². The van der Waals surface area contributed by atoms with Crippen LogP contribution in [-0.2, 0) is 0 Å². The number of carbonyl (C=O) groups excluding carboxylic acids is 1. The maximum Gasteiger partial charge on any atom is 0.282 e. The fraction of sp³-hybridized carbons (Fsp3) is 0.462. The maximum absolute atomic E-state index is 13.2. The van der Waals surface area contributed by atoms with E-state index in [4.69, 9.17) is 0 Å². The average molecular weight is 268 g/mol. The van der Waals surface area contributed by atoms with E-state index >= 15 is 0 Å². The third-order valence-corrected chi connectivity index (χ3v) is 3.46. The number of carbonyl (C=O) groups is 1. The Morgan fingerprint density at radius 2 is 2.05 bits per heavy atom. The summed E-state index contributed by atoms with van der Waals surface area (Å²) in [4.78, 5) is 23.9. The van der Waals surface area contributed by atoms with Gasteiger partial charge in [0.2, 0.25) is 0 Å². The smallest absolute Gasteiger partial charge is 0.282 e. The van der Waals surface area contributed by atoms with E-state index < -0.39 is 22.2 Å². The Hall–Kier alpha value is -1.98. The van der Waals surface area contributed by atoms with Crippen LogP contribution < -0.4 is 0 Å². The molecule has 0 spiro atoms. The molecule has 0 unspecified atom stereocenters. The highest BCUT2D eigenvalue weighted by atomic mass is 19.1. The van der Waals surface area contributed by atoms with Gasteiger partial charge >= 0.3 is 0 Å². The van der Waals surface area contributed by atoms with Crippen molar-refractivity contribution in [3.63, 3.8) is 0 Å². The molecule has 0 bridgehead atoms.